The number of nitrogens with one attached hydrogen (secondary N) is 1. The summed E-state index contributed by atoms with van der Waals surface area (Å²) < 4.78 is 16.8. The minimum atomic E-state index is -0.374. The molecule has 0 bridgehead atoms. The highest BCUT2D eigenvalue weighted by molar-refractivity contribution is 5.91. The van der Waals surface area contributed by atoms with Crippen molar-refractivity contribution < 1.29 is 18.7 Å². The second-order valence-electron chi connectivity index (χ2n) is 5.47. The number of ether oxygens (including phenoxy) is 2. The molecular weight excluding hydrogens is 258 g/mol. The van der Waals surface area contributed by atoms with Gasteiger partial charge in [-0.25, -0.2) is 0 Å². The molecule has 5 heteroatoms. The third-order valence-corrected chi connectivity index (χ3v) is 4.13. The molecule has 2 aliphatic rings. The first kappa shape index (κ1) is 13.6. The summed E-state index contributed by atoms with van der Waals surface area (Å²) in [7, 11) is 0. The minimum absolute atomic E-state index is 0.126. The fourth-order valence-corrected chi connectivity index (χ4v) is 2.93. The number of furan rings is 1. The Morgan fingerprint density at radius 3 is 2.60 bits per heavy atom. The molecule has 1 saturated carbocycles. The largest absolute Gasteiger partial charge is 0.456 e. The predicted octanol–water partition coefficient (Wildman–Crippen LogP) is 2.26. The van der Waals surface area contributed by atoms with Crippen molar-refractivity contribution in [3.05, 3.63) is 23.7 Å². The monoisotopic (exact) mass is 279 g/mol. The molecule has 110 valence electrons. The molecule has 0 atom stereocenters. The summed E-state index contributed by atoms with van der Waals surface area (Å²) in [4.78, 5) is 12.1. The van der Waals surface area contributed by atoms with E-state index < -0.39 is 0 Å². The maximum Gasteiger partial charge on any atom is 0.287 e. The zero-order chi connectivity index (χ0) is 14.0. The normalized spacial score (nSPS) is 22.2. The highest BCUT2D eigenvalue weighted by Gasteiger charge is 2.40. The van der Waals surface area contributed by atoms with Crippen molar-refractivity contribution in [2.45, 2.75) is 50.9 Å². The van der Waals surface area contributed by atoms with Gasteiger partial charge >= 0.3 is 0 Å². The van der Waals surface area contributed by atoms with Gasteiger partial charge < -0.3 is 19.2 Å². The minimum Gasteiger partial charge on any atom is -0.456 e. The van der Waals surface area contributed by atoms with E-state index in [0.29, 0.717) is 19.0 Å². The van der Waals surface area contributed by atoms with Gasteiger partial charge in [-0.05, 0) is 25.0 Å². The molecule has 2 fully saturated rings. The predicted molar refractivity (Wildman–Crippen MR) is 72.4 cm³/mol. The molecule has 20 heavy (non-hydrogen) atoms. The average molecular weight is 279 g/mol. The average Bonchev–Trinajstić information content (AvgIpc) is 3.11. The lowest BCUT2D eigenvalue weighted by molar-refractivity contribution is -0.179. The van der Waals surface area contributed by atoms with Crippen LogP contribution in [-0.4, -0.2) is 30.9 Å². The molecule has 2 heterocycles. The van der Waals surface area contributed by atoms with Gasteiger partial charge in [-0.3, -0.25) is 4.79 Å². The van der Waals surface area contributed by atoms with Gasteiger partial charge in [0.15, 0.2) is 11.5 Å². The van der Waals surface area contributed by atoms with Crippen LogP contribution in [0.2, 0.25) is 0 Å². The van der Waals surface area contributed by atoms with Crippen LogP contribution < -0.4 is 5.32 Å². The Morgan fingerprint density at radius 2 is 2.00 bits per heavy atom. The van der Waals surface area contributed by atoms with E-state index in [2.05, 4.69) is 5.32 Å². The van der Waals surface area contributed by atoms with E-state index in [-0.39, 0.29) is 17.7 Å². The van der Waals surface area contributed by atoms with Gasteiger partial charge in [0.05, 0.1) is 13.2 Å². The molecule has 1 amide bonds. The second kappa shape index (κ2) is 5.58. The summed E-state index contributed by atoms with van der Waals surface area (Å²) in [5, 5.41) is 3.04. The third kappa shape index (κ3) is 2.74. The molecule has 1 spiro atoms. The topological polar surface area (TPSA) is 60.7 Å². The summed E-state index contributed by atoms with van der Waals surface area (Å²) in [5.74, 6) is 0.737. The molecule has 1 aromatic rings. The van der Waals surface area contributed by atoms with Gasteiger partial charge in [0.25, 0.3) is 5.91 Å². The third-order valence-electron chi connectivity index (χ3n) is 4.13. The summed E-state index contributed by atoms with van der Waals surface area (Å²) in [5.41, 5.74) is 0. The van der Waals surface area contributed by atoms with Gasteiger partial charge in [0, 0.05) is 25.3 Å². The Labute approximate surface area is 118 Å². The van der Waals surface area contributed by atoms with E-state index in [1.54, 1.807) is 6.07 Å². The maximum absolute atomic E-state index is 12.1. The highest BCUT2D eigenvalue weighted by atomic mass is 16.7. The zero-order valence-electron chi connectivity index (χ0n) is 11.8. The maximum atomic E-state index is 12.1. The molecular formula is C15H21NO4. The van der Waals surface area contributed by atoms with Crippen LogP contribution in [0.3, 0.4) is 0 Å². The molecule has 5 nitrogen and oxygen atoms in total. The van der Waals surface area contributed by atoms with Crippen molar-refractivity contribution in [1.29, 1.82) is 0 Å². The molecule has 1 N–H and O–H groups in total. The van der Waals surface area contributed by atoms with Crippen molar-refractivity contribution in [2.75, 3.05) is 13.2 Å². The standard InChI is InChI=1S/C15H21NO4/c1-2-12-3-4-13(20-12)14(17)16-11-5-7-15(8-6-11)18-9-10-19-15/h3-4,11H,2,5-10H2,1H3,(H,16,17). The Bertz CT molecular complexity index is 466. The van der Waals surface area contributed by atoms with Crippen LogP contribution in [-0.2, 0) is 15.9 Å². The van der Waals surface area contributed by atoms with E-state index in [1.807, 2.05) is 13.0 Å². The first-order valence-electron chi connectivity index (χ1n) is 7.38. The molecule has 1 aliphatic carbocycles. The van der Waals surface area contributed by atoms with E-state index in [4.69, 9.17) is 13.9 Å². The summed E-state index contributed by atoms with van der Waals surface area (Å²) in [6.07, 6.45) is 4.25. The van der Waals surface area contributed by atoms with E-state index in [1.165, 1.54) is 0 Å². The highest BCUT2D eigenvalue weighted by Crippen LogP contribution is 2.35. The van der Waals surface area contributed by atoms with Crippen molar-refractivity contribution in [3.8, 4) is 0 Å². The van der Waals surface area contributed by atoms with Crippen LogP contribution in [0, 0.1) is 0 Å². The van der Waals surface area contributed by atoms with Crippen LogP contribution in [0.5, 0.6) is 0 Å². The van der Waals surface area contributed by atoms with E-state index >= 15 is 0 Å². The summed E-state index contributed by atoms with van der Waals surface area (Å²) >= 11 is 0. The first-order chi connectivity index (χ1) is 9.71. The van der Waals surface area contributed by atoms with Crippen LogP contribution in [0.25, 0.3) is 0 Å². The fraction of sp³-hybridized carbons (Fsp3) is 0.667. The smallest absolute Gasteiger partial charge is 0.287 e. The fourth-order valence-electron chi connectivity index (χ4n) is 2.93. The lowest BCUT2D eigenvalue weighted by Gasteiger charge is -2.35. The quantitative estimate of drug-likeness (QED) is 0.922. The molecule has 0 radical (unpaired) electrons. The summed E-state index contributed by atoms with van der Waals surface area (Å²) in [6.45, 7) is 3.37. The molecule has 1 aromatic heterocycles. The zero-order valence-corrected chi connectivity index (χ0v) is 11.8. The van der Waals surface area contributed by atoms with Gasteiger partial charge in [0.2, 0.25) is 0 Å². The lowest BCUT2D eigenvalue weighted by atomic mass is 9.90. The Hall–Kier alpha value is -1.33. The lowest BCUT2D eigenvalue weighted by Crippen LogP contribution is -2.43. The van der Waals surface area contributed by atoms with Crippen molar-refractivity contribution >= 4 is 5.91 Å². The first-order valence-corrected chi connectivity index (χ1v) is 7.38. The number of hydrogen-bond acceptors (Lipinski definition) is 4. The molecule has 3 rings (SSSR count). The van der Waals surface area contributed by atoms with Gasteiger partial charge in [-0.15, -0.1) is 0 Å². The SMILES string of the molecule is CCc1ccc(C(=O)NC2CCC3(CC2)OCCO3)o1. The van der Waals surface area contributed by atoms with Crippen molar-refractivity contribution in [1.82, 2.24) is 5.32 Å². The van der Waals surface area contributed by atoms with E-state index in [0.717, 1.165) is 37.9 Å². The van der Waals surface area contributed by atoms with Gasteiger partial charge in [0.1, 0.15) is 5.76 Å². The van der Waals surface area contributed by atoms with Crippen LogP contribution in [0.1, 0.15) is 48.9 Å². The molecule has 1 saturated heterocycles. The molecule has 0 unspecified atom stereocenters. The van der Waals surface area contributed by atoms with Gasteiger partial charge in [-0.1, -0.05) is 6.92 Å². The summed E-state index contributed by atoms with van der Waals surface area (Å²) in [6, 6.07) is 3.77. The Morgan fingerprint density at radius 1 is 1.30 bits per heavy atom. The van der Waals surface area contributed by atoms with Crippen LogP contribution >= 0.6 is 0 Å². The van der Waals surface area contributed by atoms with Crippen molar-refractivity contribution in [3.63, 3.8) is 0 Å². The Kier molecular flexibility index (Phi) is 3.81. The Balaban J connectivity index is 1.52. The second-order valence-corrected chi connectivity index (χ2v) is 5.47. The molecule has 0 aromatic carbocycles. The van der Waals surface area contributed by atoms with Gasteiger partial charge in [-0.2, -0.15) is 0 Å². The number of hydrogen-bond donors (Lipinski definition) is 1. The van der Waals surface area contributed by atoms with Crippen LogP contribution in [0.15, 0.2) is 16.5 Å². The van der Waals surface area contributed by atoms with Crippen molar-refractivity contribution in [2.24, 2.45) is 0 Å². The number of carbonyl (C=O) groups is 1. The van der Waals surface area contributed by atoms with E-state index in [9.17, 15) is 4.79 Å². The number of carbonyl (C=O) groups excluding carboxylic acids is 1. The molecule has 1 aliphatic heterocycles. The van der Waals surface area contributed by atoms with Crippen LogP contribution in [0.4, 0.5) is 0 Å². The number of rotatable bonds is 3. The number of aryl methyl sites for hydroxylation is 1. The number of amides is 1.